The lowest BCUT2D eigenvalue weighted by molar-refractivity contribution is 0.120. The smallest absolute Gasteiger partial charge is 0.493 e. The zero-order valence-electron chi connectivity index (χ0n) is 15.1. The van der Waals surface area contributed by atoms with Gasteiger partial charge in [-0.25, -0.2) is 4.79 Å². The van der Waals surface area contributed by atoms with Crippen LogP contribution in [0.5, 0.6) is 17.2 Å². The first-order valence-electron chi connectivity index (χ1n) is 8.31. The number of benzene rings is 2. The van der Waals surface area contributed by atoms with Crippen molar-refractivity contribution in [3.63, 3.8) is 0 Å². The minimum absolute atomic E-state index is 0.216. The molecule has 5 heteroatoms. The van der Waals surface area contributed by atoms with Gasteiger partial charge in [0.15, 0.2) is 0 Å². The van der Waals surface area contributed by atoms with Crippen LogP contribution in [-0.2, 0) is 17.8 Å². The van der Waals surface area contributed by atoms with Gasteiger partial charge in [-0.1, -0.05) is 19.1 Å². The number of hydrogen-bond donors (Lipinski definition) is 0. The summed E-state index contributed by atoms with van der Waals surface area (Å²) in [7, 11) is 1.27. The predicted molar refractivity (Wildman–Crippen MR) is 95.5 cm³/mol. The molecule has 0 saturated carbocycles. The van der Waals surface area contributed by atoms with Crippen molar-refractivity contribution in [3.05, 3.63) is 53.1 Å². The molecule has 0 fully saturated rings. The van der Waals surface area contributed by atoms with E-state index in [2.05, 4.69) is 24.7 Å². The van der Waals surface area contributed by atoms with E-state index < -0.39 is 6.16 Å². The van der Waals surface area contributed by atoms with Gasteiger partial charge >= 0.3 is 6.16 Å². The summed E-state index contributed by atoms with van der Waals surface area (Å²) in [6.07, 6.45) is 0.203. The van der Waals surface area contributed by atoms with Crippen LogP contribution in [0.25, 0.3) is 0 Å². The molecule has 0 saturated heterocycles. The Labute approximate surface area is 148 Å². The molecule has 0 unspecified atom stereocenters. The molecule has 0 atom stereocenters. The van der Waals surface area contributed by atoms with Crippen LogP contribution in [0.2, 0.25) is 0 Å². The molecule has 0 heterocycles. The van der Waals surface area contributed by atoms with E-state index in [-0.39, 0.29) is 6.61 Å². The summed E-state index contributed by atoms with van der Waals surface area (Å²) in [5.41, 5.74) is 3.13. The lowest BCUT2D eigenvalue weighted by Gasteiger charge is -2.15. The summed E-state index contributed by atoms with van der Waals surface area (Å²) in [4.78, 5) is 11.5. The Hall–Kier alpha value is -2.69. The van der Waals surface area contributed by atoms with Crippen molar-refractivity contribution in [2.45, 2.75) is 33.8 Å². The van der Waals surface area contributed by atoms with Crippen molar-refractivity contribution < 1.29 is 23.7 Å². The molecular weight excluding hydrogens is 320 g/mol. The lowest BCUT2D eigenvalue weighted by Crippen LogP contribution is -2.11. The first kappa shape index (κ1) is 18.6. The predicted octanol–water partition coefficient (Wildman–Crippen LogP) is 4.68. The molecule has 0 amide bonds. The number of carbonyl (C=O) groups excluding carboxylic acids is 1. The average Bonchev–Trinajstić information content (AvgIpc) is 2.61. The molecule has 0 radical (unpaired) electrons. The summed E-state index contributed by atoms with van der Waals surface area (Å²) in [6.45, 7) is 6.79. The molecule has 0 bridgehead atoms. The summed E-state index contributed by atoms with van der Waals surface area (Å²) in [5, 5.41) is 0. The van der Waals surface area contributed by atoms with E-state index in [1.54, 1.807) is 12.1 Å². The summed E-state index contributed by atoms with van der Waals surface area (Å²) < 4.78 is 21.3. The molecule has 0 aliphatic carbocycles. The largest absolute Gasteiger partial charge is 0.513 e. The highest BCUT2D eigenvalue weighted by molar-refractivity contribution is 5.65. The van der Waals surface area contributed by atoms with E-state index in [9.17, 15) is 4.79 Å². The Morgan fingerprint density at radius 3 is 2.44 bits per heavy atom. The van der Waals surface area contributed by atoms with Crippen LogP contribution in [0.4, 0.5) is 4.79 Å². The van der Waals surface area contributed by atoms with Crippen LogP contribution >= 0.6 is 0 Å². The van der Waals surface area contributed by atoms with Crippen molar-refractivity contribution >= 4 is 6.16 Å². The second kappa shape index (κ2) is 8.97. The quantitative estimate of drug-likeness (QED) is 0.539. The van der Waals surface area contributed by atoms with Gasteiger partial charge in [0.1, 0.15) is 23.9 Å². The second-order valence-corrected chi connectivity index (χ2v) is 5.45. The van der Waals surface area contributed by atoms with Crippen molar-refractivity contribution in [2.24, 2.45) is 0 Å². The number of rotatable bonds is 7. The molecule has 0 aromatic heterocycles. The highest BCUT2D eigenvalue weighted by Crippen LogP contribution is 2.30. The maximum atomic E-state index is 11.5. The highest BCUT2D eigenvalue weighted by Gasteiger charge is 2.15. The van der Waals surface area contributed by atoms with Gasteiger partial charge in [-0.2, -0.15) is 0 Å². The summed E-state index contributed by atoms with van der Waals surface area (Å²) in [5.74, 6) is 1.73. The van der Waals surface area contributed by atoms with E-state index in [0.29, 0.717) is 23.7 Å². The molecule has 0 N–H and O–H groups in total. The zero-order chi connectivity index (χ0) is 18.2. The Morgan fingerprint density at radius 1 is 1.04 bits per heavy atom. The normalized spacial score (nSPS) is 10.2. The Bertz CT molecular complexity index is 724. The van der Waals surface area contributed by atoms with Gasteiger partial charge < -0.3 is 18.9 Å². The average molecular weight is 344 g/mol. The van der Waals surface area contributed by atoms with Gasteiger partial charge in [-0.3, -0.25) is 0 Å². The summed E-state index contributed by atoms with van der Waals surface area (Å²) >= 11 is 0. The van der Waals surface area contributed by atoms with E-state index >= 15 is 0 Å². The van der Waals surface area contributed by atoms with Gasteiger partial charge in [0.2, 0.25) is 0 Å². The van der Waals surface area contributed by atoms with Gasteiger partial charge in [-0.15, -0.1) is 0 Å². The van der Waals surface area contributed by atoms with E-state index in [1.807, 2.05) is 25.1 Å². The van der Waals surface area contributed by atoms with Crippen molar-refractivity contribution in [1.82, 2.24) is 0 Å². The molecule has 134 valence electrons. The fraction of sp³-hybridized carbons (Fsp3) is 0.350. The standard InChI is InChI=1S/C20H24O5/c1-5-15-10-11-16(12-14(15)3)24-13-17-18(23-6-2)8-7-9-19(17)25-20(21)22-4/h7-12H,5-6,13H2,1-4H3. The van der Waals surface area contributed by atoms with E-state index in [1.165, 1.54) is 18.2 Å². The van der Waals surface area contributed by atoms with Crippen molar-refractivity contribution in [1.29, 1.82) is 0 Å². The molecule has 0 spiro atoms. The molecule has 0 aliphatic heterocycles. The Morgan fingerprint density at radius 2 is 1.80 bits per heavy atom. The lowest BCUT2D eigenvalue weighted by atomic mass is 10.1. The minimum Gasteiger partial charge on any atom is -0.493 e. The van der Waals surface area contributed by atoms with Crippen molar-refractivity contribution in [3.8, 4) is 17.2 Å². The van der Waals surface area contributed by atoms with Gasteiger partial charge in [0.25, 0.3) is 0 Å². The maximum Gasteiger partial charge on any atom is 0.513 e. The number of methoxy groups -OCH3 is 1. The minimum atomic E-state index is -0.780. The third-order valence-electron chi connectivity index (χ3n) is 3.83. The molecule has 25 heavy (non-hydrogen) atoms. The number of hydrogen-bond acceptors (Lipinski definition) is 5. The number of carbonyl (C=O) groups is 1. The van der Waals surface area contributed by atoms with Crippen LogP contribution < -0.4 is 14.2 Å². The third-order valence-corrected chi connectivity index (χ3v) is 3.83. The molecule has 2 aromatic carbocycles. The topological polar surface area (TPSA) is 54.0 Å². The van der Waals surface area contributed by atoms with Crippen LogP contribution in [0.15, 0.2) is 36.4 Å². The molecular formula is C20H24O5. The zero-order valence-corrected chi connectivity index (χ0v) is 15.1. The monoisotopic (exact) mass is 344 g/mol. The highest BCUT2D eigenvalue weighted by atomic mass is 16.7. The Kier molecular flexibility index (Phi) is 6.69. The molecule has 2 aromatic rings. The second-order valence-electron chi connectivity index (χ2n) is 5.45. The van der Waals surface area contributed by atoms with Crippen LogP contribution in [0.3, 0.4) is 0 Å². The molecule has 2 rings (SSSR count). The molecule has 0 aliphatic rings. The first-order valence-corrected chi connectivity index (χ1v) is 8.31. The van der Waals surface area contributed by atoms with Gasteiger partial charge in [0.05, 0.1) is 19.3 Å². The fourth-order valence-electron chi connectivity index (χ4n) is 2.52. The van der Waals surface area contributed by atoms with Crippen LogP contribution in [0.1, 0.15) is 30.5 Å². The third kappa shape index (κ3) is 4.89. The van der Waals surface area contributed by atoms with Crippen LogP contribution in [0, 0.1) is 6.92 Å². The number of aryl methyl sites for hydroxylation is 2. The fourth-order valence-corrected chi connectivity index (χ4v) is 2.52. The van der Waals surface area contributed by atoms with Gasteiger partial charge in [0, 0.05) is 0 Å². The van der Waals surface area contributed by atoms with Crippen LogP contribution in [-0.4, -0.2) is 19.9 Å². The van der Waals surface area contributed by atoms with Crippen molar-refractivity contribution in [2.75, 3.05) is 13.7 Å². The first-order chi connectivity index (χ1) is 12.1. The van der Waals surface area contributed by atoms with E-state index in [4.69, 9.17) is 14.2 Å². The van der Waals surface area contributed by atoms with Gasteiger partial charge in [-0.05, 0) is 55.7 Å². The molecule has 5 nitrogen and oxygen atoms in total. The van der Waals surface area contributed by atoms with E-state index in [0.717, 1.165) is 12.2 Å². The number of ether oxygens (including phenoxy) is 4. The summed E-state index contributed by atoms with van der Waals surface area (Å²) in [6, 6.07) is 11.3. The SMILES string of the molecule is CCOc1cccc(OC(=O)OC)c1COc1ccc(CC)c(C)c1. The maximum absolute atomic E-state index is 11.5. The Balaban J connectivity index is 2.23.